The summed E-state index contributed by atoms with van der Waals surface area (Å²) in [6, 6.07) is 24.0. The molecule has 5 rings (SSSR count). The lowest BCUT2D eigenvalue weighted by atomic mass is 10.0. The second kappa shape index (κ2) is 12.0. The molecule has 8 heteroatoms. The molecule has 0 saturated carbocycles. The van der Waals surface area contributed by atoms with Gasteiger partial charge in [-0.3, -0.25) is 9.36 Å². The molecule has 3 aromatic carbocycles. The molecule has 4 aromatic rings. The topological polar surface area (TPSA) is 63.1 Å². The van der Waals surface area contributed by atoms with Crippen LogP contribution in [0.5, 0.6) is 0 Å². The van der Waals surface area contributed by atoms with Crippen molar-refractivity contribution in [2.24, 2.45) is 0 Å². The van der Waals surface area contributed by atoms with E-state index >= 15 is 0 Å². The minimum absolute atomic E-state index is 0.0829. The van der Waals surface area contributed by atoms with E-state index in [1.165, 1.54) is 42.3 Å². The Kier molecular flexibility index (Phi) is 8.35. The molecular weight excluding hydrogens is 514 g/mol. The summed E-state index contributed by atoms with van der Waals surface area (Å²) < 4.78 is 2.05. The fourth-order valence-corrected chi connectivity index (χ4v) is 5.65. The van der Waals surface area contributed by atoms with Crippen molar-refractivity contribution in [1.82, 2.24) is 14.8 Å². The number of hydrogen-bond donors (Lipinski definition) is 1. The normalized spacial score (nSPS) is 13.6. The quantitative estimate of drug-likeness (QED) is 0.233. The molecule has 0 bridgehead atoms. The van der Waals surface area contributed by atoms with Crippen molar-refractivity contribution in [1.29, 1.82) is 0 Å². The summed E-state index contributed by atoms with van der Waals surface area (Å²) in [7, 11) is 0. The van der Waals surface area contributed by atoms with Gasteiger partial charge in [-0.15, -0.1) is 10.2 Å². The number of halogens is 1. The number of carbonyl (C=O) groups is 1. The van der Waals surface area contributed by atoms with Crippen LogP contribution >= 0.6 is 23.4 Å². The van der Waals surface area contributed by atoms with Crippen LogP contribution in [0.2, 0.25) is 5.02 Å². The highest BCUT2D eigenvalue weighted by Gasteiger charge is 2.20. The summed E-state index contributed by atoms with van der Waals surface area (Å²) in [5, 5.41) is 13.4. The first-order chi connectivity index (χ1) is 18.5. The van der Waals surface area contributed by atoms with E-state index in [-0.39, 0.29) is 11.7 Å². The van der Waals surface area contributed by atoms with Gasteiger partial charge in [0, 0.05) is 35.1 Å². The van der Waals surface area contributed by atoms with Crippen LogP contribution in [0.1, 0.15) is 44.6 Å². The van der Waals surface area contributed by atoms with Crippen LogP contribution in [0.4, 0.5) is 11.4 Å². The number of thioether (sulfide) groups is 1. The monoisotopic (exact) mass is 545 g/mol. The number of hydrogen-bond acceptors (Lipinski definition) is 5. The second-order valence-electron chi connectivity index (χ2n) is 9.79. The number of aromatic nitrogens is 3. The predicted molar refractivity (Wildman–Crippen MR) is 158 cm³/mol. The van der Waals surface area contributed by atoms with Crippen molar-refractivity contribution in [2.75, 3.05) is 29.1 Å². The van der Waals surface area contributed by atoms with Crippen molar-refractivity contribution in [3.05, 3.63) is 83.4 Å². The standard InChI is InChI=1S/C30H32ClN5OS/c1-21(2)26-8-4-5-9-27(26)36-29(22-10-12-23(31)13-11-22)33-34-30(36)38-20-28(37)32-24-14-16-25(17-15-24)35-18-6-3-7-19-35/h4-5,8-17,21H,3,6-7,18-20H2,1-2H3,(H,32,37). The highest BCUT2D eigenvalue weighted by Crippen LogP contribution is 2.32. The SMILES string of the molecule is CC(C)c1ccccc1-n1c(SCC(=O)Nc2ccc(N3CCCCC3)cc2)nnc1-c1ccc(Cl)cc1. The smallest absolute Gasteiger partial charge is 0.234 e. The van der Waals surface area contributed by atoms with Gasteiger partial charge < -0.3 is 10.2 Å². The third-order valence-electron chi connectivity index (χ3n) is 6.74. The first-order valence-electron chi connectivity index (χ1n) is 13.1. The Morgan fingerprint density at radius 3 is 2.37 bits per heavy atom. The molecule has 0 unspecified atom stereocenters. The van der Waals surface area contributed by atoms with E-state index in [0.29, 0.717) is 21.9 Å². The van der Waals surface area contributed by atoms with Crippen molar-refractivity contribution in [2.45, 2.75) is 44.2 Å². The number of piperidine rings is 1. The molecule has 1 fully saturated rings. The van der Waals surface area contributed by atoms with Crippen LogP contribution in [0, 0.1) is 0 Å². The Hall–Kier alpha value is -3.29. The number of nitrogens with zero attached hydrogens (tertiary/aromatic N) is 4. The van der Waals surface area contributed by atoms with Crippen molar-refractivity contribution in [3.8, 4) is 17.1 Å². The van der Waals surface area contributed by atoms with E-state index in [0.717, 1.165) is 30.0 Å². The maximum atomic E-state index is 12.9. The molecule has 1 amide bonds. The van der Waals surface area contributed by atoms with Crippen molar-refractivity contribution in [3.63, 3.8) is 0 Å². The molecule has 0 radical (unpaired) electrons. The van der Waals surface area contributed by atoms with E-state index < -0.39 is 0 Å². The van der Waals surface area contributed by atoms with Crippen LogP contribution in [0.3, 0.4) is 0 Å². The lowest BCUT2D eigenvalue weighted by Crippen LogP contribution is -2.29. The van der Waals surface area contributed by atoms with Gasteiger partial charge in [-0.25, -0.2) is 0 Å². The maximum absolute atomic E-state index is 12.9. The van der Waals surface area contributed by atoms with Gasteiger partial charge in [-0.05, 0) is 85.3 Å². The number of rotatable bonds is 8. The van der Waals surface area contributed by atoms with E-state index in [2.05, 4.69) is 58.5 Å². The van der Waals surface area contributed by atoms with Gasteiger partial charge >= 0.3 is 0 Å². The Morgan fingerprint density at radius 2 is 1.66 bits per heavy atom. The Balaban J connectivity index is 1.35. The molecular formula is C30H32ClN5OS. The van der Waals surface area contributed by atoms with Crippen molar-refractivity contribution < 1.29 is 4.79 Å². The van der Waals surface area contributed by atoms with Crippen LogP contribution in [0.15, 0.2) is 78.0 Å². The zero-order valence-corrected chi connectivity index (χ0v) is 23.3. The summed E-state index contributed by atoms with van der Waals surface area (Å²) in [4.78, 5) is 15.3. The second-order valence-corrected chi connectivity index (χ2v) is 11.2. The molecule has 1 saturated heterocycles. The fraction of sp³-hybridized carbons (Fsp3) is 0.300. The Morgan fingerprint density at radius 1 is 0.947 bits per heavy atom. The largest absolute Gasteiger partial charge is 0.372 e. The highest BCUT2D eigenvalue weighted by atomic mass is 35.5. The molecule has 38 heavy (non-hydrogen) atoms. The summed E-state index contributed by atoms with van der Waals surface area (Å²) in [6.07, 6.45) is 3.78. The molecule has 0 aliphatic carbocycles. The number of para-hydroxylation sites is 1. The Bertz CT molecular complexity index is 1380. The third kappa shape index (κ3) is 6.05. The average molecular weight is 546 g/mol. The van der Waals surface area contributed by atoms with E-state index in [1.54, 1.807) is 0 Å². The molecule has 1 aliphatic heterocycles. The summed E-state index contributed by atoms with van der Waals surface area (Å²) in [5.74, 6) is 1.16. The van der Waals surface area contributed by atoms with Gasteiger partial charge in [0.05, 0.1) is 11.4 Å². The van der Waals surface area contributed by atoms with Crippen LogP contribution in [-0.4, -0.2) is 39.5 Å². The lowest BCUT2D eigenvalue weighted by Gasteiger charge is -2.28. The number of amides is 1. The highest BCUT2D eigenvalue weighted by molar-refractivity contribution is 7.99. The van der Waals surface area contributed by atoms with Crippen LogP contribution in [0.25, 0.3) is 17.1 Å². The fourth-order valence-electron chi connectivity index (χ4n) is 4.78. The average Bonchev–Trinajstić information content (AvgIpc) is 3.37. The molecule has 6 nitrogen and oxygen atoms in total. The number of carbonyl (C=O) groups excluding carboxylic acids is 1. The molecule has 2 heterocycles. The van der Waals surface area contributed by atoms with E-state index in [9.17, 15) is 4.79 Å². The first kappa shape index (κ1) is 26.3. The van der Waals surface area contributed by atoms with Crippen LogP contribution < -0.4 is 10.2 Å². The summed E-state index contributed by atoms with van der Waals surface area (Å²) in [5.41, 5.74) is 5.11. The molecule has 1 aliphatic rings. The van der Waals surface area contributed by atoms with E-state index in [1.807, 2.05) is 53.1 Å². The Labute approximate surface area is 233 Å². The zero-order chi connectivity index (χ0) is 26.5. The van der Waals surface area contributed by atoms with Gasteiger partial charge in [-0.2, -0.15) is 0 Å². The third-order valence-corrected chi connectivity index (χ3v) is 7.92. The van der Waals surface area contributed by atoms with E-state index in [4.69, 9.17) is 11.6 Å². The molecule has 0 spiro atoms. The van der Waals surface area contributed by atoms with Gasteiger partial charge in [0.15, 0.2) is 11.0 Å². The summed E-state index contributed by atoms with van der Waals surface area (Å²) in [6.45, 7) is 6.53. The maximum Gasteiger partial charge on any atom is 0.234 e. The number of anilines is 2. The number of benzene rings is 3. The lowest BCUT2D eigenvalue weighted by molar-refractivity contribution is -0.113. The molecule has 0 atom stereocenters. The minimum Gasteiger partial charge on any atom is -0.372 e. The summed E-state index contributed by atoms with van der Waals surface area (Å²) >= 11 is 7.51. The zero-order valence-electron chi connectivity index (χ0n) is 21.7. The first-order valence-corrected chi connectivity index (χ1v) is 14.4. The predicted octanol–water partition coefficient (Wildman–Crippen LogP) is 7.43. The molecule has 1 aromatic heterocycles. The van der Waals surface area contributed by atoms with Crippen molar-refractivity contribution >= 4 is 40.6 Å². The number of nitrogens with one attached hydrogen (secondary N) is 1. The van der Waals surface area contributed by atoms with Gasteiger partial charge in [0.1, 0.15) is 0 Å². The molecule has 196 valence electrons. The minimum atomic E-state index is -0.0829. The van der Waals surface area contributed by atoms with Gasteiger partial charge in [0.2, 0.25) is 5.91 Å². The van der Waals surface area contributed by atoms with Crippen LogP contribution in [-0.2, 0) is 4.79 Å². The molecule has 1 N–H and O–H groups in total. The van der Waals surface area contributed by atoms with Gasteiger partial charge in [0.25, 0.3) is 0 Å². The van der Waals surface area contributed by atoms with Gasteiger partial charge in [-0.1, -0.05) is 55.4 Å².